The second-order valence-electron chi connectivity index (χ2n) is 9.76. The van der Waals surface area contributed by atoms with Gasteiger partial charge in [-0.25, -0.2) is 14.0 Å². The summed E-state index contributed by atoms with van der Waals surface area (Å²) < 4.78 is 30.9. The van der Waals surface area contributed by atoms with Crippen molar-refractivity contribution in [2.24, 2.45) is 0 Å². The number of ether oxygens (including phenoxy) is 3. The highest BCUT2D eigenvalue weighted by Crippen LogP contribution is 2.38. The molecule has 2 amide bonds. The summed E-state index contributed by atoms with van der Waals surface area (Å²) in [6, 6.07) is 13.3. The largest absolute Gasteiger partial charge is 0.493 e. The van der Waals surface area contributed by atoms with Crippen LogP contribution in [-0.4, -0.2) is 41.9 Å². The van der Waals surface area contributed by atoms with Crippen LogP contribution < -0.4 is 10.1 Å². The highest BCUT2D eigenvalue weighted by molar-refractivity contribution is 5.69. The van der Waals surface area contributed by atoms with E-state index in [1.807, 2.05) is 37.3 Å². The Bertz CT molecular complexity index is 993. The van der Waals surface area contributed by atoms with Crippen molar-refractivity contribution >= 4 is 12.2 Å². The van der Waals surface area contributed by atoms with E-state index in [0.717, 1.165) is 12.0 Å². The Morgan fingerprint density at radius 3 is 2.63 bits per heavy atom. The number of benzene rings is 2. The molecule has 2 atom stereocenters. The summed E-state index contributed by atoms with van der Waals surface area (Å²) in [5, 5.41) is 2.78. The molecule has 7 nitrogen and oxygen atoms in total. The number of hydrogen-bond donors (Lipinski definition) is 1. The first-order valence-corrected chi connectivity index (χ1v) is 12.0. The zero-order valence-corrected chi connectivity index (χ0v) is 20.9. The minimum atomic E-state index is -0.571. The summed E-state index contributed by atoms with van der Waals surface area (Å²) in [6.45, 7) is 8.30. The molecule has 0 bridgehead atoms. The van der Waals surface area contributed by atoms with Gasteiger partial charge in [-0.3, -0.25) is 0 Å². The third-order valence-electron chi connectivity index (χ3n) is 5.59. The first kappa shape index (κ1) is 26.3. The molecule has 3 rings (SSSR count). The Balaban J connectivity index is 1.59. The second kappa shape index (κ2) is 11.9. The number of amides is 2. The Hall–Kier alpha value is -3.29. The number of alkyl carbamates (subject to hydrolysis) is 1. The summed E-state index contributed by atoms with van der Waals surface area (Å²) in [6.07, 6.45) is 1.10. The van der Waals surface area contributed by atoms with Gasteiger partial charge >= 0.3 is 12.2 Å². The normalized spacial score (nSPS) is 16.5. The van der Waals surface area contributed by atoms with Gasteiger partial charge in [-0.2, -0.15) is 0 Å². The average molecular weight is 487 g/mol. The number of rotatable bonds is 8. The maximum atomic E-state index is 14.2. The van der Waals surface area contributed by atoms with E-state index in [1.165, 1.54) is 12.1 Å². The fourth-order valence-corrected chi connectivity index (χ4v) is 3.95. The van der Waals surface area contributed by atoms with Crippen LogP contribution in [0.5, 0.6) is 5.75 Å². The standard InChI is InChI=1S/C27H35FN2O5/c1-19(29-25(31)35-27(2,3)4)14-16-33-24-13-12-21(28)17-22(24)23-11-8-15-30(23)26(32)34-18-20-9-6-5-7-10-20/h5-7,9-10,12-13,17,19,23H,8,11,14-16,18H2,1-4H3,(H,29,31)/t19-,23-/m1/s1. The molecule has 1 heterocycles. The van der Waals surface area contributed by atoms with Crippen LogP contribution in [0.4, 0.5) is 14.0 Å². The van der Waals surface area contributed by atoms with Crippen LogP contribution in [0.15, 0.2) is 48.5 Å². The molecule has 1 N–H and O–H groups in total. The quantitative estimate of drug-likeness (QED) is 0.497. The molecule has 1 saturated heterocycles. The number of hydrogen-bond acceptors (Lipinski definition) is 5. The van der Waals surface area contributed by atoms with Gasteiger partial charge in [-0.05, 0) is 64.3 Å². The molecule has 0 spiro atoms. The van der Waals surface area contributed by atoms with Gasteiger partial charge in [0.2, 0.25) is 0 Å². The zero-order valence-electron chi connectivity index (χ0n) is 20.9. The number of nitrogens with one attached hydrogen (secondary N) is 1. The van der Waals surface area contributed by atoms with Crippen molar-refractivity contribution in [2.45, 2.75) is 71.2 Å². The van der Waals surface area contributed by atoms with E-state index in [0.29, 0.717) is 37.3 Å². The Morgan fingerprint density at radius 2 is 1.91 bits per heavy atom. The Morgan fingerprint density at radius 1 is 1.17 bits per heavy atom. The number of carbonyl (C=O) groups is 2. The lowest BCUT2D eigenvalue weighted by molar-refractivity contribution is 0.0503. The first-order chi connectivity index (χ1) is 16.6. The highest BCUT2D eigenvalue weighted by atomic mass is 19.1. The number of nitrogens with zero attached hydrogens (tertiary/aromatic N) is 1. The summed E-state index contributed by atoms with van der Waals surface area (Å²) in [5.41, 5.74) is 0.950. The van der Waals surface area contributed by atoms with Crippen molar-refractivity contribution in [3.63, 3.8) is 0 Å². The summed E-state index contributed by atoms with van der Waals surface area (Å²) in [4.78, 5) is 26.4. The Labute approximate surface area is 206 Å². The third-order valence-corrected chi connectivity index (χ3v) is 5.59. The molecule has 8 heteroatoms. The molecular formula is C27H35FN2O5. The lowest BCUT2D eigenvalue weighted by atomic mass is 10.0. The molecule has 1 aliphatic heterocycles. The zero-order chi connectivity index (χ0) is 25.4. The van der Waals surface area contributed by atoms with E-state index in [4.69, 9.17) is 14.2 Å². The SMILES string of the molecule is C[C@H](CCOc1ccc(F)cc1[C@H]1CCCN1C(=O)OCc1ccccc1)NC(=O)OC(C)(C)C. The molecule has 1 aliphatic rings. The van der Waals surface area contributed by atoms with Crippen LogP contribution in [0.2, 0.25) is 0 Å². The maximum Gasteiger partial charge on any atom is 0.410 e. The van der Waals surface area contributed by atoms with E-state index in [-0.39, 0.29) is 18.7 Å². The molecule has 0 saturated carbocycles. The molecule has 1 fully saturated rings. The smallest absolute Gasteiger partial charge is 0.410 e. The van der Waals surface area contributed by atoms with Gasteiger partial charge in [0.15, 0.2) is 0 Å². The number of likely N-dealkylation sites (tertiary alicyclic amines) is 1. The second-order valence-corrected chi connectivity index (χ2v) is 9.76. The third kappa shape index (κ3) is 8.16. The first-order valence-electron chi connectivity index (χ1n) is 12.0. The van der Waals surface area contributed by atoms with Gasteiger partial charge in [0.1, 0.15) is 23.8 Å². The van der Waals surface area contributed by atoms with Crippen LogP contribution in [0.1, 0.15) is 64.1 Å². The summed E-state index contributed by atoms with van der Waals surface area (Å²) in [5.74, 6) is 0.125. The van der Waals surface area contributed by atoms with E-state index in [1.54, 1.807) is 31.7 Å². The van der Waals surface area contributed by atoms with Crippen molar-refractivity contribution in [1.29, 1.82) is 0 Å². The van der Waals surface area contributed by atoms with Crippen molar-refractivity contribution in [3.8, 4) is 5.75 Å². The molecule has 0 aliphatic carbocycles. The van der Waals surface area contributed by atoms with E-state index >= 15 is 0 Å². The average Bonchev–Trinajstić information content (AvgIpc) is 3.27. The number of halogens is 1. The predicted octanol–water partition coefficient (Wildman–Crippen LogP) is 5.98. The molecule has 190 valence electrons. The van der Waals surface area contributed by atoms with E-state index < -0.39 is 23.6 Å². The van der Waals surface area contributed by atoms with Gasteiger partial charge in [0.25, 0.3) is 0 Å². The van der Waals surface area contributed by atoms with Gasteiger partial charge in [-0.15, -0.1) is 0 Å². The van der Waals surface area contributed by atoms with Gasteiger partial charge in [0.05, 0.1) is 12.6 Å². The fourth-order valence-electron chi connectivity index (χ4n) is 3.95. The van der Waals surface area contributed by atoms with Gasteiger partial charge < -0.3 is 24.4 Å². The van der Waals surface area contributed by atoms with E-state index in [2.05, 4.69) is 5.32 Å². The van der Waals surface area contributed by atoms with Crippen molar-refractivity contribution in [3.05, 3.63) is 65.5 Å². The minimum absolute atomic E-state index is 0.176. The lowest BCUT2D eigenvalue weighted by Crippen LogP contribution is -2.38. The molecule has 2 aromatic rings. The molecular weight excluding hydrogens is 451 g/mol. The van der Waals surface area contributed by atoms with Crippen molar-refractivity contribution in [2.75, 3.05) is 13.2 Å². The van der Waals surface area contributed by atoms with Crippen LogP contribution in [0, 0.1) is 5.82 Å². The lowest BCUT2D eigenvalue weighted by Gasteiger charge is -2.26. The van der Waals surface area contributed by atoms with E-state index in [9.17, 15) is 14.0 Å². The highest BCUT2D eigenvalue weighted by Gasteiger charge is 2.33. The van der Waals surface area contributed by atoms with Gasteiger partial charge in [0, 0.05) is 24.6 Å². The minimum Gasteiger partial charge on any atom is -0.493 e. The molecule has 0 radical (unpaired) electrons. The molecule has 35 heavy (non-hydrogen) atoms. The summed E-state index contributed by atoms with van der Waals surface area (Å²) in [7, 11) is 0. The number of carbonyl (C=O) groups excluding carboxylic acids is 2. The van der Waals surface area contributed by atoms with Gasteiger partial charge in [-0.1, -0.05) is 30.3 Å². The van der Waals surface area contributed by atoms with Crippen LogP contribution in [-0.2, 0) is 16.1 Å². The fraction of sp³-hybridized carbons (Fsp3) is 0.481. The molecule has 2 aromatic carbocycles. The molecule has 0 unspecified atom stereocenters. The topological polar surface area (TPSA) is 77.1 Å². The van der Waals surface area contributed by atoms with Crippen molar-refractivity contribution in [1.82, 2.24) is 10.2 Å². The predicted molar refractivity (Wildman–Crippen MR) is 131 cm³/mol. The maximum absolute atomic E-state index is 14.2. The van der Waals surface area contributed by atoms with Crippen LogP contribution in [0.3, 0.4) is 0 Å². The molecule has 0 aromatic heterocycles. The van der Waals surface area contributed by atoms with Crippen LogP contribution in [0.25, 0.3) is 0 Å². The van der Waals surface area contributed by atoms with Crippen LogP contribution >= 0.6 is 0 Å². The summed E-state index contributed by atoms with van der Waals surface area (Å²) >= 11 is 0. The van der Waals surface area contributed by atoms with Crippen molar-refractivity contribution < 1.29 is 28.2 Å². The monoisotopic (exact) mass is 486 g/mol. The Kier molecular flexibility index (Phi) is 8.95.